The standard InChI is InChI=1S/C13H28P/c1-3-5-6-7-8-9-10-11-13-14-12-4-2/h3-13H2,1-2H3. The molecule has 0 N–H and O–H groups in total. The van der Waals surface area contributed by atoms with Gasteiger partial charge in [-0.15, -0.1) is 0 Å². The van der Waals surface area contributed by atoms with Gasteiger partial charge in [-0.05, 0) is 18.7 Å². The van der Waals surface area contributed by atoms with E-state index in [2.05, 4.69) is 13.8 Å². The third kappa shape index (κ3) is 12.4. The fourth-order valence-corrected chi connectivity index (χ4v) is 2.61. The monoisotopic (exact) mass is 215 g/mol. The minimum absolute atomic E-state index is 1.36. The first kappa shape index (κ1) is 14.4. The van der Waals surface area contributed by atoms with E-state index < -0.39 is 0 Å². The van der Waals surface area contributed by atoms with Gasteiger partial charge in [-0.1, -0.05) is 73.8 Å². The maximum Gasteiger partial charge on any atom is -0.0287 e. The average molecular weight is 215 g/mol. The lowest BCUT2D eigenvalue weighted by molar-refractivity contribution is 0.586. The summed E-state index contributed by atoms with van der Waals surface area (Å²) < 4.78 is 0. The van der Waals surface area contributed by atoms with E-state index in [1.807, 2.05) is 0 Å². The van der Waals surface area contributed by atoms with Crippen LogP contribution in [0.2, 0.25) is 0 Å². The van der Waals surface area contributed by atoms with E-state index >= 15 is 0 Å². The van der Waals surface area contributed by atoms with Crippen molar-refractivity contribution < 1.29 is 0 Å². The number of unbranched alkanes of at least 4 members (excludes halogenated alkanes) is 7. The number of hydrogen-bond acceptors (Lipinski definition) is 0. The van der Waals surface area contributed by atoms with Crippen molar-refractivity contribution in [2.24, 2.45) is 0 Å². The Balaban J connectivity index is 2.78. The molecule has 0 aliphatic rings. The zero-order chi connectivity index (χ0) is 10.5. The molecule has 0 amide bonds. The van der Waals surface area contributed by atoms with Crippen LogP contribution in [0.3, 0.4) is 0 Å². The quantitative estimate of drug-likeness (QED) is 0.316. The van der Waals surface area contributed by atoms with Crippen LogP contribution in [0.15, 0.2) is 0 Å². The van der Waals surface area contributed by atoms with Gasteiger partial charge in [0.1, 0.15) is 0 Å². The van der Waals surface area contributed by atoms with Crippen molar-refractivity contribution >= 4 is 8.58 Å². The third-order valence-electron chi connectivity index (χ3n) is 2.55. The van der Waals surface area contributed by atoms with E-state index in [9.17, 15) is 0 Å². The number of rotatable bonds is 11. The molecular weight excluding hydrogens is 187 g/mol. The van der Waals surface area contributed by atoms with Gasteiger partial charge in [-0.3, -0.25) is 0 Å². The summed E-state index contributed by atoms with van der Waals surface area (Å²) in [6.45, 7) is 4.56. The SMILES string of the molecule is CCCCCCCCCC[P]CCC. The van der Waals surface area contributed by atoms with Crippen molar-refractivity contribution in [3.05, 3.63) is 0 Å². The van der Waals surface area contributed by atoms with Gasteiger partial charge in [0, 0.05) is 0 Å². The van der Waals surface area contributed by atoms with Crippen molar-refractivity contribution in [1.82, 2.24) is 0 Å². The van der Waals surface area contributed by atoms with Crippen LogP contribution in [0, 0.1) is 0 Å². The second-order valence-corrected chi connectivity index (χ2v) is 5.49. The summed E-state index contributed by atoms with van der Waals surface area (Å²) in [5.74, 6) is 0. The van der Waals surface area contributed by atoms with E-state index in [-0.39, 0.29) is 0 Å². The lowest BCUT2D eigenvalue weighted by Gasteiger charge is -2.01. The Morgan fingerprint density at radius 2 is 1.14 bits per heavy atom. The zero-order valence-electron chi connectivity index (χ0n) is 10.2. The number of hydrogen-bond donors (Lipinski definition) is 0. The highest BCUT2D eigenvalue weighted by atomic mass is 31.1. The fourth-order valence-electron chi connectivity index (χ4n) is 1.63. The van der Waals surface area contributed by atoms with Gasteiger partial charge >= 0.3 is 0 Å². The van der Waals surface area contributed by atoms with Crippen molar-refractivity contribution in [3.8, 4) is 0 Å². The first-order valence-electron chi connectivity index (χ1n) is 6.55. The Hall–Kier alpha value is 0.430. The molecule has 1 heteroatoms. The summed E-state index contributed by atoms with van der Waals surface area (Å²) in [6, 6.07) is 0. The van der Waals surface area contributed by atoms with Crippen LogP contribution in [-0.4, -0.2) is 12.3 Å². The van der Waals surface area contributed by atoms with Crippen LogP contribution in [0.4, 0.5) is 0 Å². The molecule has 14 heavy (non-hydrogen) atoms. The van der Waals surface area contributed by atoms with Crippen molar-refractivity contribution in [3.63, 3.8) is 0 Å². The van der Waals surface area contributed by atoms with Crippen LogP contribution >= 0.6 is 8.58 Å². The second kappa shape index (κ2) is 13.4. The molecule has 0 aromatic heterocycles. The van der Waals surface area contributed by atoms with E-state index in [1.54, 1.807) is 8.58 Å². The first-order chi connectivity index (χ1) is 6.91. The molecule has 0 nitrogen and oxygen atoms in total. The van der Waals surface area contributed by atoms with E-state index in [0.717, 1.165) is 0 Å². The summed E-state index contributed by atoms with van der Waals surface area (Å²) in [6.07, 6.45) is 15.9. The Morgan fingerprint density at radius 3 is 1.71 bits per heavy atom. The molecule has 0 aromatic carbocycles. The summed E-state index contributed by atoms with van der Waals surface area (Å²) >= 11 is 0. The molecule has 0 aliphatic carbocycles. The first-order valence-corrected chi connectivity index (χ1v) is 7.81. The summed E-state index contributed by atoms with van der Waals surface area (Å²) in [5.41, 5.74) is 0. The normalized spacial score (nSPS) is 11.6. The van der Waals surface area contributed by atoms with Gasteiger partial charge in [0.15, 0.2) is 0 Å². The molecule has 0 saturated carbocycles. The molecule has 85 valence electrons. The smallest absolute Gasteiger partial charge is 0.0287 e. The summed E-state index contributed by atoms with van der Waals surface area (Å²) in [4.78, 5) is 0. The van der Waals surface area contributed by atoms with Crippen molar-refractivity contribution in [2.45, 2.75) is 71.6 Å². The second-order valence-electron chi connectivity index (χ2n) is 4.15. The molecule has 0 unspecified atom stereocenters. The van der Waals surface area contributed by atoms with Gasteiger partial charge in [0.05, 0.1) is 0 Å². The molecule has 0 saturated heterocycles. The Labute approximate surface area is 93.0 Å². The molecular formula is C13H28P. The Morgan fingerprint density at radius 1 is 0.571 bits per heavy atom. The minimum Gasteiger partial charge on any atom is -0.0810 e. The highest BCUT2D eigenvalue weighted by Gasteiger charge is 1.91. The van der Waals surface area contributed by atoms with Crippen LogP contribution in [0.25, 0.3) is 0 Å². The Bertz CT molecular complexity index is 79.2. The molecule has 0 rings (SSSR count). The van der Waals surface area contributed by atoms with E-state index in [1.165, 1.54) is 70.1 Å². The largest absolute Gasteiger partial charge is 0.0810 e. The highest BCUT2D eigenvalue weighted by Crippen LogP contribution is 2.15. The molecule has 0 aliphatic heterocycles. The molecule has 0 bridgehead atoms. The lowest BCUT2D eigenvalue weighted by Crippen LogP contribution is -1.83. The highest BCUT2D eigenvalue weighted by molar-refractivity contribution is 7.37. The van der Waals surface area contributed by atoms with Crippen molar-refractivity contribution in [1.29, 1.82) is 0 Å². The average Bonchev–Trinajstić information content (AvgIpc) is 2.21. The minimum atomic E-state index is 1.36. The van der Waals surface area contributed by atoms with Crippen LogP contribution in [0.1, 0.15) is 71.6 Å². The molecule has 0 spiro atoms. The van der Waals surface area contributed by atoms with Gasteiger partial charge < -0.3 is 0 Å². The summed E-state index contributed by atoms with van der Waals surface area (Å²) in [5, 5.41) is 0. The molecule has 0 fully saturated rings. The van der Waals surface area contributed by atoms with Crippen LogP contribution in [-0.2, 0) is 0 Å². The predicted octanol–water partition coefficient (Wildman–Crippen LogP) is 5.48. The van der Waals surface area contributed by atoms with Gasteiger partial charge in [-0.25, -0.2) is 0 Å². The molecule has 0 aromatic rings. The molecule has 0 atom stereocenters. The fraction of sp³-hybridized carbons (Fsp3) is 1.00. The third-order valence-corrected chi connectivity index (χ3v) is 3.95. The van der Waals surface area contributed by atoms with Crippen LogP contribution < -0.4 is 0 Å². The maximum atomic E-state index is 2.28. The van der Waals surface area contributed by atoms with E-state index in [4.69, 9.17) is 0 Å². The topological polar surface area (TPSA) is 0 Å². The predicted molar refractivity (Wildman–Crippen MR) is 69.6 cm³/mol. The van der Waals surface area contributed by atoms with Crippen LogP contribution in [0.5, 0.6) is 0 Å². The van der Waals surface area contributed by atoms with Crippen molar-refractivity contribution in [2.75, 3.05) is 12.3 Å². The lowest BCUT2D eigenvalue weighted by atomic mass is 10.1. The van der Waals surface area contributed by atoms with Gasteiger partial charge in [-0.2, -0.15) is 0 Å². The van der Waals surface area contributed by atoms with Gasteiger partial charge in [0.25, 0.3) is 0 Å². The van der Waals surface area contributed by atoms with Gasteiger partial charge in [0.2, 0.25) is 0 Å². The molecule has 0 heterocycles. The molecule has 1 radical (unpaired) electrons. The van der Waals surface area contributed by atoms with E-state index in [0.29, 0.717) is 0 Å². The Kier molecular flexibility index (Phi) is 13.8. The summed E-state index contributed by atoms with van der Waals surface area (Å²) in [7, 11) is 1.68. The zero-order valence-corrected chi connectivity index (χ0v) is 11.1. The maximum absolute atomic E-state index is 2.28.